The summed E-state index contributed by atoms with van der Waals surface area (Å²) in [5.41, 5.74) is 1.47. The molecule has 0 unspecified atom stereocenters. The molecule has 4 aromatic carbocycles. The van der Waals surface area contributed by atoms with Crippen molar-refractivity contribution in [2.24, 2.45) is 0 Å². The molecule has 0 saturated carbocycles. The third-order valence-corrected chi connectivity index (χ3v) is 4.39. The molecule has 4 aromatic rings. The number of rotatable bonds is 4. The third kappa shape index (κ3) is 9.42. The molecule has 0 radical (unpaired) electrons. The Morgan fingerprint density at radius 2 is 0.694 bits per heavy atom. The Morgan fingerprint density at radius 3 is 0.944 bits per heavy atom. The molecule has 4 rings (SSSR count). The Bertz CT molecular complexity index is 1060. The minimum atomic E-state index is -0.549. The fraction of sp³-hybridized carbons (Fsp3) is 0. The average molecular weight is 568 g/mol. The topological polar surface area (TPSA) is 150 Å². The van der Waals surface area contributed by atoms with Crippen LogP contribution in [-0.4, -0.2) is 11.8 Å². The van der Waals surface area contributed by atoms with Crippen molar-refractivity contribution in [3.05, 3.63) is 143 Å². The summed E-state index contributed by atoms with van der Waals surface area (Å²) >= 11 is 0.700. The number of hydrogen-bond acceptors (Lipinski definition) is 7. The van der Waals surface area contributed by atoms with E-state index in [0.717, 1.165) is 0 Å². The first-order valence-electron chi connectivity index (χ1n) is 10.1. The number of carbonyl (C=O) groups is 2. The SMILES string of the molecule is O=C(c1ccccc1)N([O-])c1ccccc1.O=C(c1ccccc1)N([O-])c1ccccc1.[O-][O-].[O]=[Mo+4]. The van der Waals surface area contributed by atoms with E-state index < -0.39 is 11.8 Å². The molecule has 0 atom stereocenters. The normalized spacial score (nSPS) is 9.06. The average Bonchev–Trinajstić information content (AvgIpc) is 3.00. The van der Waals surface area contributed by atoms with E-state index in [1.807, 2.05) is 0 Å². The second kappa shape index (κ2) is 17.6. The van der Waals surface area contributed by atoms with Crippen LogP contribution in [0.4, 0.5) is 11.4 Å². The van der Waals surface area contributed by atoms with Gasteiger partial charge in [0.05, 0.1) is 0 Å². The summed E-state index contributed by atoms with van der Waals surface area (Å²) in [6.07, 6.45) is 0. The molecule has 2 amide bonds. The zero-order chi connectivity index (χ0) is 26.8. The Kier molecular flexibility index (Phi) is 14.7. The van der Waals surface area contributed by atoms with Crippen LogP contribution in [0.3, 0.4) is 0 Å². The summed E-state index contributed by atoms with van der Waals surface area (Å²) in [5, 5.41) is 38.2. The Balaban J connectivity index is 0.000000317. The molecule has 0 fully saturated rings. The minimum absolute atomic E-state index is 0.344. The van der Waals surface area contributed by atoms with E-state index in [9.17, 15) is 20.0 Å². The van der Waals surface area contributed by atoms with E-state index in [-0.39, 0.29) is 0 Å². The first-order valence-corrected chi connectivity index (χ1v) is 11.0. The molecule has 0 aromatic heterocycles. The van der Waals surface area contributed by atoms with Crippen LogP contribution in [0.15, 0.2) is 121 Å². The summed E-state index contributed by atoms with van der Waals surface area (Å²) in [7, 11) is 0. The number of amides is 2. The van der Waals surface area contributed by atoms with Crippen molar-refractivity contribution in [3.8, 4) is 0 Å². The molecule has 36 heavy (non-hydrogen) atoms. The van der Waals surface area contributed by atoms with Gasteiger partial charge in [-0.15, -0.1) is 0 Å². The molecular weight excluding hydrogens is 548 g/mol. The van der Waals surface area contributed by atoms with E-state index in [1.165, 1.54) is 0 Å². The second-order valence-corrected chi connectivity index (χ2v) is 6.60. The van der Waals surface area contributed by atoms with Crippen molar-refractivity contribution in [1.82, 2.24) is 0 Å². The molecule has 0 bridgehead atoms. The monoisotopic (exact) mass is 570 g/mol. The quantitative estimate of drug-likeness (QED) is 0.209. The molecule has 0 aliphatic carbocycles. The number of nitrogens with zero attached hydrogens (tertiary/aromatic N) is 2. The Hall–Kier alpha value is -3.85. The van der Waals surface area contributed by atoms with Crippen LogP contribution in [0.25, 0.3) is 0 Å². The fourth-order valence-corrected chi connectivity index (χ4v) is 2.76. The van der Waals surface area contributed by atoms with Crippen molar-refractivity contribution in [1.29, 1.82) is 0 Å². The van der Waals surface area contributed by atoms with Gasteiger partial charge in [0.25, 0.3) is 0 Å². The van der Waals surface area contributed by atoms with Crippen LogP contribution in [0.1, 0.15) is 20.7 Å². The zero-order valence-electron chi connectivity index (χ0n) is 18.7. The van der Waals surface area contributed by atoms with Crippen LogP contribution in [0, 0.1) is 10.4 Å². The van der Waals surface area contributed by atoms with Gasteiger partial charge in [-0.25, -0.2) is 0 Å². The third-order valence-electron chi connectivity index (χ3n) is 4.39. The first-order chi connectivity index (χ1) is 17.6. The number of hydroxylamine groups is 2. The Morgan fingerprint density at radius 1 is 0.472 bits per heavy atom. The molecule has 10 heteroatoms. The van der Waals surface area contributed by atoms with Crippen molar-refractivity contribution in [2.75, 3.05) is 10.1 Å². The van der Waals surface area contributed by atoms with Gasteiger partial charge in [0, 0.05) is 22.5 Å². The molecule has 0 spiro atoms. The molecule has 0 heterocycles. The van der Waals surface area contributed by atoms with Crippen LogP contribution in [0.5, 0.6) is 0 Å². The first kappa shape index (κ1) is 30.2. The van der Waals surface area contributed by atoms with E-state index in [4.69, 9.17) is 13.9 Å². The number of para-hydroxylation sites is 2. The number of hydrogen-bond donors (Lipinski definition) is 0. The maximum atomic E-state index is 11.8. The summed E-state index contributed by atoms with van der Waals surface area (Å²) in [4.78, 5) is 23.5. The van der Waals surface area contributed by atoms with Gasteiger partial charge in [0.1, 0.15) is 0 Å². The van der Waals surface area contributed by atoms with Gasteiger partial charge in [-0.2, -0.15) is 0 Å². The summed E-state index contributed by atoms with van der Waals surface area (Å²) in [6.45, 7) is 0. The molecule has 0 saturated heterocycles. The molecular formula is C26H20MoN2O7. The summed E-state index contributed by atoms with van der Waals surface area (Å²) in [5.74, 6) is -1.10. The van der Waals surface area contributed by atoms with E-state index in [1.54, 1.807) is 121 Å². The van der Waals surface area contributed by atoms with Gasteiger partial charge in [-0.05, 0) is 48.5 Å². The fourth-order valence-electron chi connectivity index (χ4n) is 2.76. The molecule has 0 aliphatic rings. The number of carbonyl (C=O) groups excluding carboxylic acids is 2. The van der Waals surface area contributed by atoms with Gasteiger partial charge >= 0.3 is 23.2 Å². The molecule has 0 N–H and O–H groups in total. The van der Waals surface area contributed by atoms with Gasteiger partial charge in [-0.1, -0.05) is 72.8 Å². The van der Waals surface area contributed by atoms with E-state index in [0.29, 0.717) is 52.4 Å². The maximum absolute atomic E-state index is 11.8. The summed E-state index contributed by atoms with van der Waals surface area (Å²) in [6, 6.07) is 33.9. The predicted octanol–water partition coefficient (Wildman–Crippen LogP) is 3.16. The predicted molar refractivity (Wildman–Crippen MR) is 127 cm³/mol. The van der Waals surface area contributed by atoms with Gasteiger partial charge in [0.15, 0.2) is 0 Å². The van der Waals surface area contributed by atoms with Crippen molar-refractivity contribution >= 4 is 23.2 Å². The van der Waals surface area contributed by atoms with Crippen LogP contribution in [-0.2, 0) is 23.2 Å². The van der Waals surface area contributed by atoms with Crippen LogP contribution >= 0.6 is 0 Å². The van der Waals surface area contributed by atoms with Crippen molar-refractivity contribution in [3.63, 3.8) is 0 Å². The van der Waals surface area contributed by atoms with Gasteiger partial charge in [-0.3, -0.25) is 9.59 Å². The molecule has 0 aliphatic heterocycles. The van der Waals surface area contributed by atoms with Crippen molar-refractivity contribution < 1.29 is 43.3 Å². The summed E-state index contributed by atoms with van der Waals surface area (Å²) < 4.78 is 8.26. The van der Waals surface area contributed by atoms with E-state index >= 15 is 0 Å². The van der Waals surface area contributed by atoms with Crippen molar-refractivity contribution in [2.45, 2.75) is 0 Å². The number of anilines is 2. The Labute approximate surface area is 219 Å². The van der Waals surface area contributed by atoms with Gasteiger partial charge in [0.2, 0.25) is 11.8 Å². The zero-order valence-corrected chi connectivity index (χ0v) is 20.7. The van der Waals surface area contributed by atoms with Crippen LogP contribution in [0.2, 0.25) is 0 Å². The van der Waals surface area contributed by atoms with Gasteiger partial charge < -0.3 is 31.1 Å². The second-order valence-electron chi connectivity index (χ2n) is 6.60. The number of benzene rings is 4. The van der Waals surface area contributed by atoms with Crippen LogP contribution < -0.4 is 20.6 Å². The van der Waals surface area contributed by atoms with E-state index in [2.05, 4.69) is 0 Å². The molecule has 9 nitrogen and oxygen atoms in total. The standard InChI is InChI=1S/2C13H10NO2.Mo.O2.O/c2*15-13(11-7-3-1-4-8-11)14(16)12-9-5-2-6-10-12;;1-2;/h2*1-10H;;;/q2*-1;+4;-2;. The molecule has 182 valence electrons.